The molecule has 23 heavy (non-hydrogen) atoms. The molecule has 0 radical (unpaired) electrons. The Morgan fingerprint density at radius 1 is 1.30 bits per heavy atom. The van der Waals surface area contributed by atoms with Crippen LogP contribution in [0.3, 0.4) is 0 Å². The van der Waals surface area contributed by atoms with Crippen molar-refractivity contribution in [2.45, 2.75) is 17.2 Å². The third-order valence-corrected chi connectivity index (χ3v) is 6.65. The van der Waals surface area contributed by atoms with Gasteiger partial charge in [0, 0.05) is 24.9 Å². The highest BCUT2D eigenvalue weighted by atomic mass is 32.2. The molecule has 6 nitrogen and oxygen atoms in total. The number of rotatable bonds is 4. The summed E-state index contributed by atoms with van der Waals surface area (Å²) < 4.78 is 32.5. The third kappa shape index (κ3) is 3.29. The van der Waals surface area contributed by atoms with Crippen LogP contribution in [-0.4, -0.2) is 30.9 Å². The van der Waals surface area contributed by atoms with Crippen molar-refractivity contribution in [3.8, 4) is 0 Å². The third-order valence-electron chi connectivity index (χ3n) is 3.42. The van der Waals surface area contributed by atoms with E-state index in [1.54, 1.807) is 30.5 Å². The molecule has 0 saturated carbocycles. The van der Waals surface area contributed by atoms with Crippen LogP contribution >= 0.6 is 11.8 Å². The monoisotopic (exact) mass is 352 g/mol. The SMILES string of the molecule is CC(=O)Nc1ccc(S(=O)(=O)N2CCS[C@@H]2c2ccco2)cc1. The van der Waals surface area contributed by atoms with Crippen LogP contribution in [-0.2, 0) is 14.8 Å². The summed E-state index contributed by atoms with van der Waals surface area (Å²) in [5, 5.41) is 2.28. The van der Waals surface area contributed by atoms with Crippen LogP contribution in [0.5, 0.6) is 0 Å². The summed E-state index contributed by atoms with van der Waals surface area (Å²) in [5.74, 6) is 1.15. The smallest absolute Gasteiger partial charge is 0.244 e. The van der Waals surface area contributed by atoms with Crippen molar-refractivity contribution < 1.29 is 17.6 Å². The number of hydrogen-bond acceptors (Lipinski definition) is 5. The van der Waals surface area contributed by atoms with Gasteiger partial charge in [0.2, 0.25) is 15.9 Å². The first-order valence-corrected chi connectivity index (χ1v) is 9.52. The van der Waals surface area contributed by atoms with Gasteiger partial charge in [-0.2, -0.15) is 4.31 Å². The second kappa shape index (κ2) is 6.38. The van der Waals surface area contributed by atoms with Gasteiger partial charge in [0.25, 0.3) is 0 Å². The highest BCUT2D eigenvalue weighted by molar-refractivity contribution is 8.00. The molecular weight excluding hydrogens is 336 g/mol. The van der Waals surface area contributed by atoms with Crippen molar-refractivity contribution in [1.82, 2.24) is 4.31 Å². The van der Waals surface area contributed by atoms with Crippen molar-refractivity contribution in [3.05, 3.63) is 48.4 Å². The first-order chi connectivity index (χ1) is 11.0. The minimum atomic E-state index is -3.62. The fourth-order valence-corrected chi connectivity index (χ4v) is 5.58. The predicted octanol–water partition coefficient (Wildman–Crippen LogP) is 2.67. The lowest BCUT2D eigenvalue weighted by atomic mass is 10.3. The fourth-order valence-electron chi connectivity index (χ4n) is 2.41. The van der Waals surface area contributed by atoms with Gasteiger partial charge in [-0.05, 0) is 36.4 Å². The minimum Gasteiger partial charge on any atom is -0.467 e. The van der Waals surface area contributed by atoms with Gasteiger partial charge in [0.1, 0.15) is 11.1 Å². The molecule has 2 heterocycles. The second-order valence-electron chi connectivity index (χ2n) is 5.06. The average Bonchev–Trinajstić information content (AvgIpc) is 3.18. The maximum atomic E-state index is 12.9. The molecule has 1 amide bonds. The Labute approximate surface area is 138 Å². The van der Waals surface area contributed by atoms with Crippen molar-refractivity contribution in [2.24, 2.45) is 0 Å². The number of furan rings is 1. The molecule has 1 atom stereocenters. The Balaban J connectivity index is 1.87. The molecule has 1 saturated heterocycles. The lowest BCUT2D eigenvalue weighted by Crippen LogP contribution is -2.30. The molecule has 1 aromatic carbocycles. The summed E-state index contributed by atoms with van der Waals surface area (Å²) in [4.78, 5) is 11.2. The zero-order valence-electron chi connectivity index (χ0n) is 12.4. The van der Waals surface area contributed by atoms with E-state index in [9.17, 15) is 13.2 Å². The van der Waals surface area contributed by atoms with Crippen LogP contribution in [0.2, 0.25) is 0 Å². The molecule has 8 heteroatoms. The number of sulfonamides is 1. The predicted molar refractivity (Wildman–Crippen MR) is 88.5 cm³/mol. The maximum absolute atomic E-state index is 12.9. The summed E-state index contributed by atoms with van der Waals surface area (Å²) in [7, 11) is -3.62. The number of thioether (sulfide) groups is 1. The number of nitrogens with zero attached hydrogens (tertiary/aromatic N) is 1. The first kappa shape index (κ1) is 16.1. The van der Waals surface area contributed by atoms with E-state index in [0.717, 1.165) is 0 Å². The Bertz CT molecular complexity index is 785. The Kier molecular flexibility index (Phi) is 4.47. The van der Waals surface area contributed by atoms with Crippen LogP contribution in [0.25, 0.3) is 0 Å². The molecule has 0 aliphatic carbocycles. The van der Waals surface area contributed by atoms with Gasteiger partial charge < -0.3 is 9.73 Å². The molecule has 122 valence electrons. The summed E-state index contributed by atoms with van der Waals surface area (Å²) in [6, 6.07) is 9.71. The van der Waals surface area contributed by atoms with Crippen molar-refractivity contribution >= 4 is 33.4 Å². The van der Waals surface area contributed by atoms with Crippen molar-refractivity contribution in [2.75, 3.05) is 17.6 Å². The number of nitrogens with one attached hydrogen (secondary N) is 1. The van der Waals surface area contributed by atoms with Crippen molar-refractivity contribution in [3.63, 3.8) is 0 Å². The van der Waals surface area contributed by atoms with Crippen LogP contribution in [0.15, 0.2) is 52.0 Å². The van der Waals surface area contributed by atoms with Gasteiger partial charge >= 0.3 is 0 Å². The highest BCUT2D eigenvalue weighted by Crippen LogP contribution is 2.41. The van der Waals surface area contributed by atoms with Crippen LogP contribution in [0.4, 0.5) is 5.69 Å². The molecule has 1 fully saturated rings. The van der Waals surface area contributed by atoms with E-state index in [1.807, 2.05) is 0 Å². The van der Waals surface area contributed by atoms with Crippen LogP contribution < -0.4 is 5.32 Å². The van der Waals surface area contributed by atoms with Gasteiger partial charge in [-0.15, -0.1) is 11.8 Å². The quantitative estimate of drug-likeness (QED) is 0.915. The van der Waals surface area contributed by atoms with Gasteiger partial charge in [-0.25, -0.2) is 8.42 Å². The first-order valence-electron chi connectivity index (χ1n) is 7.03. The summed E-state index contributed by atoms with van der Waals surface area (Å²) in [6.45, 7) is 1.84. The molecule has 0 spiro atoms. The highest BCUT2D eigenvalue weighted by Gasteiger charge is 2.38. The summed E-state index contributed by atoms with van der Waals surface area (Å²) in [6.07, 6.45) is 1.54. The van der Waals surface area contributed by atoms with Gasteiger partial charge in [-0.1, -0.05) is 0 Å². The number of anilines is 1. The van der Waals surface area contributed by atoms with Gasteiger partial charge in [0.05, 0.1) is 11.2 Å². The largest absolute Gasteiger partial charge is 0.467 e. The number of carbonyl (C=O) groups is 1. The summed E-state index contributed by atoms with van der Waals surface area (Å²) >= 11 is 1.54. The molecule has 1 aliphatic rings. The van der Waals surface area contributed by atoms with E-state index in [0.29, 0.717) is 23.7 Å². The number of carbonyl (C=O) groups excluding carboxylic acids is 1. The van der Waals surface area contributed by atoms with E-state index in [1.165, 1.54) is 35.1 Å². The van der Waals surface area contributed by atoms with E-state index >= 15 is 0 Å². The lowest BCUT2D eigenvalue weighted by Gasteiger charge is -2.21. The van der Waals surface area contributed by atoms with Crippen molar-refractivity contribution in [1.29, 1.82) is 0 Å². The second-order valence-corrected chi connectivity index (χ2v) is 8.14. The molecular formula is C15H16N2O4S2. The van der Waals surface area contributed by atoms with E-state index < -0.39 is 10.0 Å². The van der Waals surface area contributed by atoms with E-state index in [2.05, 4.69) is 5.32 Å². The summed E-state index contributed by atoms with van der Waals surface area (Å²) in [5.41, 5.74) is 0.565. The topological polar surface area (TPSA) is 79.6 Å². The Hall–Kier alpha value is -1.77. The number of benzene rings is 1. The van der Waals surface area contributed by atoms with Crippen LogP contribution in [0, 0.1) is 0 Å². The molecule has 0 bridgehead atoms. The standard InChI is InChI=1S/C15H16N2O4S2/c1-11(18)16-12-4-6-13(7-5-12)23(19,20)17-8-10-22-15(17)14-3-2-9-21-14/h2-7,9,15H,8,10H2,1H3,(H,16,18)/t15-/m1/s1. The number of amides is 1. The normalized spacial score (nSPS) is 18.9. The fraction of sp³-hybridized carbons (Fsp3) is 0.267. The van der Waals surface area contributed by atoms with E-state index in [4.69, 9.17) is 4.42 Å². The molecule has 1 aromatic heterocycles. The maximum Gasteiger partial charge on any atom is 0.244 e. The van der Waals surface area contributed by atoms with E-state index in [-0.39, 0.29) is 16.2 Å². The lowest BCUT2D eigenvalue weighted by molar-refractivity contribution is -0.114. The van der Waals surface area contributed by atoms with Gasteiger partial charge in [-0.3, -0.25) is 4.79 Å². The molecule has 0 unspecified atom stereocenters. The zero-order valence-corrected chi connectivity index (χ0v) is 14.1. The molecule has 3 rings (SSSR count). The Morgan fingerprint density at radius 3 is 2.65 bits per heavy atom. The molecule has 2 aromatic rings. The number of hydrogen-bond donors (Lipinski definition) is 1. The zero-order chi connectivity index (χ0) is 16.4. The molecule has 1 aliphatic heterocycles. The Morgan fingerprint density at radius 2 is 2.04 bits per heavy atom. The minimum absolute atomic E-state index is 0.200. The van der Waals surface area contributed by atoms with Gasteiger partial charge in [0.15, 0.2) is 0 Å². The molecule has 1 N–H and O–H groups in total. The average molecular weight is 352 g/mol. The van der Waals surface area contributed by atoms with Crippen LogP contribution in [0.1, 0.15) is 18.1 Å².